The van der Waals surface area contributed by atoms with Crippen molar-refractivity contribution in [1.29, 1.82) is 0 Å². The summed E-state index contributed by atoms with van der Waals surface area (Å²) in [5.74, 6) is 3.12. The fraction of sp³-hybridized carbons (Fsp3) is 0.542. The van der Waals surface area contributed by atoms with Crippen LogP contribution in [0, 0.1) is 6.92 Å². The Morgan fingerprint density at radius 2 is 1.77 bits per heavy atom. The minimum Gasteiger partial charge on any atom is -0.497 e. The van der Waals surface area contributed by atoms with Gasteiger partial charge in [-0.25, -0.2) is 9.97 Å². The molecule has 31 heavy (non-hydrogen) atoms. The molecule has 1 unspecified atom stereocenters. The number of carbonyl (C=O) groups excluding carboxylic acids is 1. The minimum absolute atomic E-state index is 0.0851. The van der Waals surface area contributed by atoms with Crippen molar-refractivity contribution in [2.75, 3.05) is 44.7 Å². The van der Waals surface area contributed by atoms with Crippen LogP contribution in [0.15, 0.2) is 30.3 Å². The van der Waals surface area contributed by atoms with E-state index in [1.54, 1.807) is 7.11 Å². The lowest BCUT2D eigenvalue weighted by Crippen LogP contribution is -2.54. The average Bonchev–Trinajstić information content (AvgIpc) is 2.78. The molecule has 7 nitrogen and oxygen atoms in total. The van der Waals surface area contributed by atoms with Crippen LogP contribution >= 0.6 is 0 Å². The lowest BCUT2D eigenvalue weighted by atomic mass is 10.1. The Kier molecular flexibility index (Phi) is 7.85. The first kappa shape index (κ1) is 23.0. The summed E-state index contributed by atoms with van der Waals surface area (Å²) in [5, 5.41) is 3.08. The van der Waals surface area contributed by atoms with E-state index < -0.39 is 0 Å². The molecule has 0 aliphatic carbocycles. The van der Waals surface area contributed by atoms with Crippen LogP contribution in [0.1, 0.15) is 43.8 Å². The van der Waals surface area contributed by atoms with E-state index in [4.69, 9.17) is 9.72 Å². The van der Waals surface area contributed by atoms with Crippen molar-refractivity contribution in [3.8, 4) is 5.75 Å². The molecule has 0 bridgehead atoms. The number of methoxy groups -OCH3 is 1. The summed E-state index contributed by atoms with van der Waals surface area (Å²) < 4.78 is 5.18. The fourth-order valence-corrected chi connectivity index (χ4v) is 3.77. The SMILES string of the molecule is COc1ccc(CCNC(=O)C(C)N2CCN(c3cc(C)nc(C(C)C)n3)CC2)cc1. The van der Waals surface area contributed by atoms with Gasteiger partial charge in [-0.3, -0.25) is 9.69 Å². The van der Waals surface area contributed by atoms with Gasteiger partial charge in [0.25, 0.3) is 0 Å². The second kappa shape index (κ2) is 10.6. The van der Waals surface area contributed by atoms with Gasteiger partial charge in [0.2, 0.25) is 5.91 Å². The van der Waals surface area contributed by atoms with E-state index in [0.29, 0.717) is 12.5 Å². The number of piperazine rings is 1. The van der Waals surface area contributed by atoms with E-state index in [0.717, 1.165) is 55.7 Å². The first-order valence-corrected chi connectivity index (χ1v) is 11.1. The topological polar surface area (TPSA) is 70.6 Å². The van der Waals surface area contributed by atoms with Crippen molar-refractivity contribution >= 4 is 11.7 Å². The molecular weight excluding hydrogens is 390 g/mol. The smallest absolute Gasteiger partial charge is 0.237 e. The number of nitrogens with zero attached hydrogens (tertiary/aromatic N) is 4. The lowest BCUT2D eigenvalue weighted by molar-refractivity contribution is -0.125. The third-order valence-corrected chi connectivity index (χ3v) is 5.81. The monoisotopic (exact) mass is 425 g/mol. The molecule has 0 saturated carbocycles. The van der Waals surface area contributed by atoms with Gasteiger partial charge < -0.3 is 15.0 Å². The van der Waals surface area contributed by atoms with Crippen molar-refractivity contribution in [1.82, 2.24) is 20.2 Å². The van der Waals surface area contributed by atoms with E-state index in [9.17, 15) is 4.79 Å². The molecule has 1 saturated heterocycles. The standard InChI is InChI=1S/C24H35N5O2/c1-17(2)23-26-18(3)16-22(27-23)29-14-12-28(13-15-29)19(4)24(30)25-11-10-20-6-8-21(31-5)9-7-20/h6-9,16-17,19H,10-15H2,1-5H3,(H,25,30). The van der Waals surface area contributed by atoms with Gasteiger partial charge in [0.1, 0.15) is 17.4 Å². The van der Waals surface area contributed by atoms with Crippen LogP contribution in [-0.2, 0) is 11.2 Å². The summed E-state index contributed by atoms with van der Waals surface area (Å²) in [6, 6.07) is 9.87. The number of rotatable bonds is 8. The van der Waals surface area contributed by atoms with Crippen molar-refractivity contribution in [3.05, 3.63) is 47.4 Å². The summed E-state index contributed by atoms with van der Waals surface area (Å²) in [4.78, 5) is 26.5. The predicted octanol–water partition coefficient (Wildman–Crippen LogP) is 2.79. The molecule has 7 heteroatoms. The van der Waals surface area contributed by atoms with Crippen LogP contribution in [0.25, 0.3) is 0 Å². The van der Waals surface area contributed by atoms with Gasteiger partial charge in [-0.15, -0.1) is 0 Å². The molecule has 1 aromatic carbocycles. The highest BCUT2D eigenvalue weighted by Gasteiger charge is 2.26. The number of aryl methyl sites for hydroxylation is 1. The number of amides is 1. The largest absolute Gasteiger partial charge is 0.497 e. The number of hydrogen-bond acceptors (Lipinski definition) is 6. The molecule has 0 radical (unpaired) electrons. The minimum atomic E-state index is -0.142. The third-order valence-electron chi connectivity index (χ3n) is 5.81. The molecule has 2 heterocycles. The maximum atomic E-state index is 12.6. The Balaban J connectivity index is 1.47. The highest BCUT2D eigenvalue weighted by molar-refractivity contribution is 5.81. The van der Waals surface area contributed by atoms with Crippen LogP contribution in [0.2, 0.25) is 0 Å². The lowest BCUT2D eigenvalue weighted by Gasteiger charge is -2.38. The molecule has 0 spiro atoms. The van der Waals surface area contributed by atoms with Crippen molar-refractivity contribution in [2.24, 2.45) is 0 Å². The maximum Gasteiger partial charge on any atom is 0.237 e. The number of carbonyl (C=O) groups is 1. The molecule has 168 valence electrons. The highest BCUT2D eigenvalue weighted by Crippen LogP contribution is 2.19. The Morgan fingerprint density at radius 3 is 2.39 bits per heavy atom. The number of benzene rings is 1. The predicted molar refractivity (Wildman–Crippen MR) is 124 cm³/mol. The van der Waals surface area contributed by atoms with E-state index in [1.807, 2.05) is 38.1 Å². The molecule has 1 N–H and O–H groups in total. The van der Waals surface area contributed by atoms with Crippen LogP contribution < -0.4 is 15.0 Å². The van der Waals surface area contributed by atoms with Gasteiger partial charge in [-0.05, 0) is 38.0 Å². The van der Waals surface area contributed by atoms with E-state index in [2.05, 4.69) is 40.0 Å². The zero-order valence-electron chi connectivity index (χ0n) is 19.4. The molecule has 3 rings (SSSR count). The summed E-state index contributed by atoms with van der Waals surface area (Å²) in [5.41, 5.74) is 2.18. The number of ether oxygens (including phenoxy) is 1. The number of aromatic nitrogens is 2. The molecule has 1 atom stereocenters. The summed E-state index contributed by atoms with van der Waals surface area (Å²) in [7, 11) is 1.66. The summed E-state index contributed by atoms with van der Waals surface area (Å²) in [6.07, 6.45) is 0.807. The maximum absolute atomic E-state index is 12.6. The zero-order valence-corrected chi connectivity index (χ0v) is 19.4. The van der Waals surface area contributed by atoms with Crippen LogP contribution in [-0.4, -0.2) is 66.7 Å². The number of nitrogens with one attached hydrogen (secondary N) is 1. The Morgan fingerprint density at radius 1 is 1.10 bits per heavy atom. The number of anilines is 1. The van der Waals surface area contributed by atoms with Gasteiger partial charge in [-0.1, -0.05) is 26.0 Å². The highest BCUT2D eigenvalue weighted by atomic mass is 16.5. The van der Waals surface area contributed by atoms with Gasteiger partial charge >= 0.3 is 0 Å². The molecule has 2 aromatic rings. The van der Waals surface area contributed by atoms with Crippen LogP contribution in [0.4, 0.5) is 5.82 Å². The third kappa shape index (κ3) is 6.17. The molecule has 1 amide bonds. The first-order valence-electron chi connectivity index (χ1n) is 11.1. The summed E-state index contributed by atoms with van der Waals surface area (Å²) in [6.45, 7) is 12.3. The quantitative estimate of drug-likeness (QED) is 0.701. The molecule has 1 aliphatic rings. The van der Waals surface area contributed by atoms with E-state index in [-0.39, 0.29) is 11.9 Å². The van der Waals surface area contributed by atoms with Gasteiger partial charge in [-0.2, -0.15) is 0 Å². The second-order valence-corrected chi connectivity index (χ2v) is 8.47. The van der Waals surface area contributed by atoms with Crippen molar-refractivity contribution in [3.63, 3.8) is 0 Å². The molecule has 1 aliphatic heterocycles. The van der Waals surface area contributed by atoms with E-state index in [1.165, 1.54) is 5.56 Å². The van der Waals surface area contributed by atoms with Gasteiger partial charge in [0.15, 0.2) is 0 Å². The van der Waals surface area contributed by atoms with Gasteiger partial charge in [0.05, 0.1) is 13.2 Å². The van der Waals surface area contributed by atoms with Crippen LogP contribution in [0.3, 0.4) is 0 Å². The number of hydrogen-bond donors (Lipinski definition) is 1. The molecule has 1 aromatic heterocycles. The Hall–Kier alpha value is -2.67. The Labute approximate surface area is 185 Å². The first-order chi connectivity index (χ1) is 14.9. The zero-order chi connectivity index (χ0) is 22.4. The Bertz CT molecular complexity index is 861. The molecule has 1 fully saturated rings. The van der Waals surface area contributed by atoms with Crippen molar-refractivity contribution in [2.45, 2.75) is 46.1 Å². The van der Waals surface area contributed by atoms with Gasteiger partial charge in [0, 0.05) is 50.4 Å². The summed E-state index contributed by atoms with van der Waals surface area (Å²) >= 11 is 0. The second-order valence-electron chi connectivity index (χ2n) is 8.47. The average molecular weight is 426 g/mol. The molecular formula is C24H35N5O2. The van der Waals surface area contributed by atoms with Crippen LogP contribution in [0.5, 0.6) is 5.75 Å². The van der Waals surface area contributed by atoms with E-state index >= 15 is 0 Å². The van der Waals surface area contributed by atoms with Crippen molar-refractivity contribution < 1.29 is 9.53 Å². The normalized spacial score (nSPS) is 15.7. The fourth-order valence-electron chi connectivity index (χ4n) is 3.77.